The van der Waals surface area contributed by atoms with E-state index in [1.165, 1.54) is 0 Å². The van der Waals surface area contributed by atoms with Gasteiger partial charge in [-0.05, 0) is 25.8 Å². The van der Waals surface area contributed by atoms with Crippen molar-refractivity contribution < 1.29 is 4.79 Å². The first kappa shape index (κ1) is 12.8. The first-order valence-electron chi connectivity index (χ1n) is 6.32. The third-order valence-electron chi connectivity index (χ3n) is 3.44. The van der Waals surface area contributed by atoms with Crippen molar-refractivity contribution in [3.8, 4) is 0 Å². The zero-order valence-electron chi connectivity index (χ0n) is 10.7. The Hall–Kier alpha value is -1.62. The van der Waals surface area contributed by atoms with Crippen LogP contribution in [0, 0.1) is 12.8 Å². The van der Waals surface area contributed by atoms with E-state index in [0.717, 1.165) is 36.5 Å². The van der Waals surface area contributed by atoms with E-state index in [2.05, 4.69) is 9.88 Å². The number of nitrogens with two attached hydrogens (primary N) is 2. The quantitative estimate of drug-likeness (QED) is 0.818. The Balaban J connectivity index is 2.25. The van der Waals surface area contributed by atoms with Gasteiger partial charge in [-0.15, -0.1) is 0 Å². The van der Waals surface area contributed by atoms with Gasteiger partial charge < -0.3 is 16.4 Å². The number of aromatic nitrogens is 1. The zero-order valence-corrected chi connectivity index (χ0v) is 10.7. The standard InChI is InChI=1S/C13H20N4O/c1-9-4-5-10(7-14)13(16-9)17-6-2-3-11(8-17)12(15)18/h4-5,11H,2-3,6-8,14H2,1H3,(H2,15,18). The SMILES string of the molecule is Cc1ccc(CN)c(N2CCCC(C(N)=O)C2)n1. The summed E-state index contributed by atoms with van der Waals surface area (Å²) in [7, 11) is 0. The van der Waals surface area contributed by atoms with Crippen LogP contribution in [0.5, 0.6) is 0 Å². The highest BCUT2D eigenvalue weighted by atomic mass is 16.1. The molecule has 98 valence electrons. The minimum Gasteiger partial charge on any atom is -0.369 e. The molecular formula is C13H20N4O. The zero-order chi connectivity index (χ0) is 13.1. The van der Waals surface area contributed by atoms with Gasteiger partial charge in [0.25, 0.3) is 0 Å². The predicted octanol–water partition coefficient (Wildman–Crippen LogP) is 0.550. The second-order valence-electron chi connectivity index (χ2n) is 4.83. The van der Waals surface area contributed by atoms with Crippen molar-refractivity contribution in [3.05, 3.63) is 23.4 Å². The number of amides is 1. The van der Waals surface area contributed by atoms with Crippen LogP contribution < -0.4 is 16.4 Å². The van der Waals surface area contributed by atoms with E-state index in [1.807, 2.05) is 19.1 Å². The van der Waals surface area contributed by atoms with Gasteiger partial charge in [0, 0.05) is 30.9 Å². The molecule has 5 nitrogen and oxygen atoms in total. The highest BCUT2D eigenvalue weighted by molar-refractivity contribution is 5.77. The van der Waals surface area contributed by atoms with Crippen molar-refractivity contribution in [1.82, 2.24) is 4.98 Å². The Labute approximate surface area is 107 Å². The van der Waals surface area contributed by atoms with Gasteiger partial charge in [0.2, 0.25) is 5.91 Å². The normalized spacial score (nSPS) is 19.9. The Morgan fingerprint density at radius 3 is 3.00 bits per heavy atom. The third-order valence-corrected chi connectivity index (χ3v) is 3.44. The molecule has 5 heteroatoms. The number of pyridine rings is 1. The molecule has 1 saturated heterocycles. The van der Waals surface area contributed by atoms with Crippen LogP contribution in [0.1, 0.15) is 24.1 Å². The molecule has 4 N–H and O–H groups in total. The lowest BCUT2D eigenvalue weighted by Crippen LogP contribution is -2.42. The van der Waals surface area contributed by atoms with Crippen molar-refractivity contribution in [2.45, 2.75) is 26.3 Å². The van der Waals surface area contributed by atoms with Gasteiger partial charge in [0.05, 0.1) is 5.92 Å². The van der Waals surface area contributed by atoms with Crippen LogP contribution in [0.25, 0.3) is 0 Å². The Bertz CT molecular complexity index is 447. The fourth-order valence-corrected chi connectivity index (χ4v) is 2.41. The number of hydrogen-bond acceptors (Lipinski definition) is 4. The van der Waals surface area contributed by atoms with Gasteiger partial charge in [0.1, 0.15) is 5.82 Å². The maximum atomic E-state index is 11.3. The fraction of sp³-hybridized carbons (Fsp3) is 0.538. The number of hydrogen-bond donors (Lipinski definition) is 2. The molecule has 0 radical (unpaired) electrons. The van der Waals surface area contributed by atoms with E-state index in [9.17, 15) is 4.79 Å². The lowest BCUT2D eigenvalue weighted by molar-refractivity contribution is -0.122. The number of rotatable bonds is 3. The van der Waals surface area contributed by atoms with Gasteiger partial charge in [-0.1, -0.05) is 6.07 Å². The van der Waals surface area contributed by atoms with Gasteiger partial charge in [-0.2, -0.15) is 0 Å². The largest absolute Gasteiger partial charge is 0.369 e. The molecular weight excluding hydrogens is 228 g/mol. The molecule has 1 atom stereocenters. The van der Waals surface area contributed by atoms with Crippen LogP contribution >= 0.6 is 0 Å². The average Bonchev–Trinajstić information content (AvgIpc) is 2.39. The summed E-state index contributed by atoms with van der Waals surface area (Å²) in [6, 6.07) is 3.97. The summed E-state index contributed by atoms with van der Waals surface area (Å²) in [5, 5.41) is 0. The maximum absolute atomic E-state index is 11.3. The van der Waals surface area contributed by atoms with E-state index in [-0.39, 0.29) is 11.8 Å². The average molecular weight is 248 g/mol. The number of piperidine rings is 1. The third kappa shape index (κ3) is 2.61. The van der Waals surface area contributed by atoms with E-state index < -0.39 is 0 Å². The molecule has 0 bridgehead atoms. The molecule has 1 aliphatic heterocycles. The van der Waals surface area contributed by atoms with Crippen molar-refractivity contribution in [1.29, 1.82) is 0 Å². The van der Waals surface area contributed by atoms with E-state index in [0.29, 0.717) is 13.1 Å². The Morgan fingerprint density at radius 2 is 2.33 bits per heavy atom. The predicted molar refractivity (Wildman–Crippen MR) is 71.0 cm³/mol. The number of carbonyl (C=O) groups is 1. The summed E-state index contributed by atoms with van der Waals surface area (Å²) in [5.41, 5.74) is 13.1. The van der Waals surface area contributed by atoms with Crippen LogP contribution in [0.15, 0.2) is 12.1 Å². The van der Waals surface area contributed by atoms with Crippen molar-refractivity contribution in [2.75, 3.05) is 18.0 Å². The molecule has 0 aliphatic carbocycles. The highest BCUT2D eigenvalue weighted by Crippen LogP contribution is 2.24. The molecule has 0 spiro atoms. The van der Waals surface area contributed by atoms with Crippen LogP contribution in [0.4, 0.5) is 5.82 Å². The molecule has 2 rings (SSSR count). The van der Waals surface area contributed by atoms with E-state index in [4.69, 9.17) is 11.5 Å². The minimum absolute atomic E-state index is 0.0771. The molecule has 2 heterocycles. The molecule has 1 aromatic rings. The first-order chi connectivity index (χ1) is 8.61. The summed E-state index contributed by atoms with van der Waals surface area (Å²) in [6.45, 7) is 3.98. The summed E-state index contributed by atoms with van der Waals surface area (Å²) in [5.74, 6) is 0.608. The summed E-state index contributed by atoms with van der Waals surface area (Å²) < 4.78 is 0. The Morgan fingerprint density at radius 1 is 1.56 bits per heavy atom. The van der Waals surface area contributed by atoms with Crippen LogP contribution in [-0.2, 0) is 11.3 Å². The molecule has 0 saturated carbocycles. The van der Waals surface area contributed by atoms with Crippen molar-refractivity contribution in [3.63, 3.8) is 0 Å². The van der Waals surface area contributed by atoms with Crippen molar-refractivity contribution in [2.24, 2.45) is 17.4 Å². The number of primary amides is 1. The van der Waals surface area contributed by atoms with Gasteiger partial charge >= 0.3 is 0 Å². The fourth-order valence-electron chi connectivity index (χ4n) is 2.41. The summed E-state index contributed by atoms with van der Waals surface area (Å²) in [6.07, 6.45) is 1.84. The Kier molecular flexibility index (Phi) is 3.81. The minimum atomic E-state index is -0.221. The monoisotopic (exact) mass is 248 g/mol. The molecule has 1 aliphatic rings. The summed E-state index contributed by atoms with van der Waals surface area (Å²) >= 11 is 0. The molecule has 18 heavy (non-hydrogen) atoms. The van der Waals surface area contributed by atoms with Gasteiger partial charge in [-0.3, -0.25) is 4.79 Å². The van der Waals surface area contributed by atoms with Crippen LogP contribution in [0.2, 0.25) is 0 Å². The van der Waals surface area contributed by atoms with E-state index in [1.54, 1.807) is 0 Å². The smallest absolute Gasteiger partial charge is 0.222 e. The lowest BCUT2D eigenvalue weighted by Gasteiger charge is -2.33. The van der Waals surface area contributed by atoms with Crippen LogP contribution in [0.3, 0.4) is 0 Å². The second kappa shape index (κ2) is 5.35. The first-order valence-corrected chi connectivity index (χ1v) is 6.32. The maximum Gasteiger partial charge on any atom is 0.222 e. The lowest BCUT2D eigenvalue weighted by atomic mass is 9.97. The molecule has 1 fully saturated rings. The molecule has 1 unspecified atom stereocenters. The summed E-state index contributed by atoms with van der Waals surface area (Å²) in [4.78, 5) is 18.0. The van der Waals surface area contributed by atoms with Gasteiger partial charge in [0.15, 0.2) is 0 Å². The van der Waals surface area contributed by atoms with Crippen molar-refractivity contribution >= 4 is 11.7 Å². The van der Waals surface area contributed by atoms with Gasteiger partial charge in [-0.25, -0.2) is 4.98 Å². The number of nitrogens with zero attached hydrogens (tertiary/aromatic N) is 2. The second-order valence-corrected chi connectivity index (χ2v) is 4.83. The van der Waals surface area contributed by atoms with E-state index >= 15 is 0 Å². The molecule has 1 aromatic heterocycles. The number of aryl methyl sites for hydroxylation is 1. The number of anilines is 1. The molecule has 1 amide bonds. The topological polar surface area (TPSA) is 85.2 Å². The molecule has 0 aromatic carbocycles. The van der Waals surface area contributed by atoms with Crippen LogP contribution in [-0.4, -0.2) is 24.0 Å². The number of carbonyl (C=O) groups excluding carboxylic acids is 1. The highest BCUT2D eigenvalue weighted by Gasteiger charge is 2.25.